The second-order valence-electron chi connectivity index (χ2n) is 4.62. The van der Waals surface area contributed by atoms with E-state index in [0.717, 1.165) is 4.88 Å². The topological polar surface area (TPSA) is 66.8 Å². The summed E-state index contributed by atoms with van der Waals surface area (Å²) in [6.07, 6.45) is 0.460. The number of rotatable bonds is 7. The van der Waals surface area contributed by atoms with Gasteiger partial charge in [-0.3, -0.25) is 9.59 Å². The van der Waals surface area contributed by atoms with Gasteiger partial charge in [-0.05, 0) is 17.9 Å². The Bertz CT molecular complexity index is 446. The summed E-state index contributed by atoms with van der Waals surface area (Å²) in [6, 6.07) is 3.91. The standard InChI is InChI=1S/C13H17NO4S/c1-18-5-4-14(8-9-3-2-6-19-9)12(15)10-7-11(10)13(16)17/h2-3,6,10-11H,4-5,7-8H2,1H3,(H,16,17). The van der Waals surface area contributed by atoms with E-state index in [2.05, 4.69) is 0 Å². The molecule has 1 aromatic heterocycles. The number of ether oxygens (including phenoxy) is 1. The summed E-state index contributed by atoms with van der Waals surface area (Å²) in [4.78, 5) is 25.9. The first-order chi connectivity index (χ1) is 9.13. The van der Waals surface area contributed by atoms with Crippen molar-refractivity contribution in [2.24, 2.45) is 11.8 Å². The van der Waals surface area contributed by atoms with E-state index in [1.54, 1.807) is 23.3 Å². The molecule has 1 aliphatic rings. The molecule has 0 radical (unpaired) electrons. The maximum atomic E-state index is 12.3. The molecule has 19 heavy (non-hydrogen) atoms. The van der Waals surface area contributed by atoms with E-state index in [0.29, 0.717) is 26.1 Å². The molecule has 5 nitrogen and oxygen atoms in total. The van der Waals surface area contributed by atoms with Crippen molar-refractivity contribution in [1.29, 1.82) is 0 Å². The molecule has 0 bridgehead atoms. The summed E-state index contributed by atoms with van der Waals surface area (Å²) >= 11 is 1.59. The van der Waals surface area contributed by atoms with Gasteiger partial charge < -0.3 is 14.7 Å². The summed E-state index contributed by atoms with van der Waals surface area (Å²) in [5, 5.41) is 10.9. The molecule has 2 atom stereocenters. The summed E-state index contributed by atoms with van der Waals surface area (Å²) in [5.41, 5.74) is 0. The fourth-order valence-corrected chi connectivity index (χ4v) is 2.75. The van der Waals surface area contributed by atoms with Gasteiger partial charge in [-0.1, -0.05) is 6.07 Å². The molecular weight excluding hydrogens is 266 g/mol. The minimum absolute atomic E-state index is 0.0714. The maximum Gasteiger partial charge on any atom is 0.307 e. The van der Waals surface area contributed by atoms with E-state index in [1.165, 1.54) is 0 Å². The lowest BCUT2D eigenvalue weighted by Crippen LogP contribution is -2.35. The van der Waals surface area contributed by atoms with Gasteiger partial charge in [0.1, 0.15) is 0 Å². The van der Waals surface area contributed by atoms with Crippen LogP contribution < -0.4 is 0 Å². The Morgan fingerprint density at radius 1 is 1.53 bits per heavy atom. The molecule has 2 unspecified atom stereocenters. The highest BCUT2D eigenvalue weighted by molar-refractivity contribution is 7.09. The first-order valence-corrected chi connectivity index (χ1v) is 7.04. The van der Waals surface area contributed by atoms with E-state index in [4.69, 9.17) is 9.84 Å². The number of methoxy groups -OCH3 is 1. The third-order valence-electron chi connectivity index (χ3n) is 3.23. The Morgan fingerprint density at radius 2 is 2.32 bits per heavy atom. The monoisotopic (exact) mass is 283 g/mol. The summed E-state index contributed by atoms with van der Waals surface area (Å²) in [5.74, 6) is -1.80. The molecule has 1 saturated carbocycles. The minimum atomic E-state index is -0.874. The van der Waals surface area contributed by atoms with Crippen LogP contribution in [0.25, 0.3) is 0 Å². The SMILES string of the molecule is COCCN(Cc1cccs1)C(=O)C1CC1C(=O)O. The Hall–Kier alpha value is -1.40. The zero-order chi connectivity index (χ0) is 13.8. The number of thiophene rings is 1. The summed E-state index contributed by atoms with van der Waals surface area (Å²) < 4.78 is 5.01. The van der Waals surface area contributed by atoms with Crippen molar-refractivity contribution in [2.75, 3.05) is 20.3 Å². The van der Waals surface area contributed by atoms with E-state index in [-0.39, 0.29) is 11.8 Å². The predicted octanol–water partition coefficient (Wildman–Crippen LogP) is 1.44. The first kappa shape index (κ1) is 14.0. The second-order valence-corrected chi connectivity index (χ2v) is 5.65. The lowest BCUT2D eigenvalue weighted by atomic mass is 10.2. The van der Waals surface area contributed by atoms with Crippen LogP contribution >= 0.6 is 11.3 Å². The van der Waals surface area contributed by atoms with Crippen LogP contribution in [0.4, 0.5) is 0 Å². The molecule has 6 heteroatoms. The predicted molar refractivity (Wildman–Crippen MR) is 70.8 cm³/mol. The zero-order valence-corrected chi connectivity index (χ0v) is 11.6. The maximum absolute atomic E-state index is 12.3. The lowest BCUT2D eigenvalue weighted by molar-refractivity contribution is -0.142. The van der Waals surface area contributed by atoms with Crippen molar-refractivity contribution >= 4 is 23.2 Å². The normalized spacial score (nSPS) is 21.1. The van der Waals surface area contributed by atoms with Crippen molar-refractivity contribution in [1.82, 2.24) is 4.90 Å². The quantitative estimate of drug-likeness (QED) is 0.822. The van der Waals surface area contributed by atoms with Crippen LogP contribution in [-0.2, 0) is 20.9 Å². The lowest BCUT2D eigenvalue weighted by Gasteiger charge is -2.21. The van der Waals surface area contributed by atoms with Gasteiger partial charge in [-0.2, -0.15) is 0 Å². The van der Waals surface area contributed by atoms with Crippen molar-refractivity contribution < 1.29 is 19.4 Å². The van der Waals surface area contributed by atoms with E-state index >= 15 is 0 Å². The van der Waals surface area contributed by atoms with Gasteiger partial charge in [0, 0.05) is 18.5 Å². The average Bonchev–Trinajstić information content (AvgIpc) is 3.04. The smallest absolute Gasteiger partial charge is 0.307 e. The molecule has 104 valence electrons. The molecule has 1 aliphatic carbocycles. The summed E-state index contributed by atoms with van der Waals surface area (Å²) in [6.45, 7) is 1.49. The van der Waals surface area contributed by atoms with Crippen LogP contribution in [-0.4, -0.2) is 42.1 Å². The number of aliphatic carboxylic acids is 1. The number of carbonyl (C=O) groups is 2. The summed E-state index contributed by atoms with van der Waals surface area (Å²) in [7, 11) is 1.59. The number of hydrogen-bond donors (Lipinski definition) is 1. The van der Waals surface area contributed by atoms with Gasteiger partial charge in [0.15, 0.2) is 0 Å². The van der Waals surface area contributed by atoms with Crippen LogP contribution in [0.5, 0.6) is 0 Å². The molecule has 0 aliphatic heterocycles. The highest BCUT2D eigenvalue weighted by Gasteiger charge is 2.49. The van der Waals surface area contributed by atoms with E-state index in [1.807, 2.05) is 17.5 Å². The molecule has 1 heterocycles. The van der Waals surface area contributed by atoms with Crippen molar-refractivity contribution in [3.8, 4) is 0 Å². The molecule has 1 fully saturated rings. The van der Waals surface area contributed by atoms with Crippen LogP contribution in [0.2, 0.25) is 0 Å². The largest absolute Gasteiger partial charge is 0.481 e. The van der Waals surface area contributed by atoms with Gasteiger partial charge in [-0.25, -0.2) is 0 Å². The molecule has 0 saturated heterocycles. The van der Waals surface area contributed by atoms with Gasteiger partial charge in [-0.15, -0.1) is 11.3 Å². The number of hydrogen-bond acceptors (Lipinski definition) is 4. The Balaban J connectivity index is 1.97. The highest BCUT2D eigenvalue weighted by Crippen LogP contribution is 2.40. The van der Waals surface area contributed by atoms with Gasteiger partial charge in [0.2, 0.25) is 5.91 Å². The van der Waals surface area contributed by atoms with Gasteiger partial charge in [0.05, 0.1) is 25.0 Å². The van der Waals surface area contributed by atoms with Crippen molar-refractivity contribution in [3.63, 3.8) is 0 Å². The highest BCUT2D eigenvalue weighted by atomic mass is 32.1. The average molecular weight is 283 g/mol. The third kappa shape index (κ3) is 3.54. The molecule has 1 N–H and O–H groups in total. The van der Waals surface area contributed by atoms with E-state index < -0.39 is 11.9 Å². The van der Waals surface area contributed by atoms with Crippen LogP contribution in [0, 0.1) is 11.8 Å². The van der Waals surface area contributed by atoms with Crippen LogP contribution in [0.3, 0.4) is 0 Å². The third-order valence-corrected chi connectivity index (χ3v) is 4.09. The Morgan fingerprint density at radius 3 is 2.84 bits per heavy atom. The molecule has 1 amide bonds. The molecular formula is C13H17NO4S. The fraction of sp³-hybridized carbons (Fsp3) is 0.538. The molecule has 0 spiro atoms. The fourth-order valence-electron chi connectivity index (χ4n) is 2.03. The van der Waals surface area contributed by atoms with Gasteiger partial charge >= 0.3 is 5.97 Å². The van der Waals surface area contributed by atoms with Crippen molar-refractivity contribution in [2.45, 2.75) is 13.0 Å². The molecule has 2 rings (SSSR count). The number of nitrogens with zero attached hydrogens (tertiary/aromatic N) is 1. The number of carbonyl (C=O) groups excluding carboxylic acids is 1. The molecule has 0 aromatic carbocycles. The minimum Gasteiger partial charge on any atom is -0.481 e. The Labute approximate surface area is 115 Å². The Kier molecular flexibility index (Phi) is 4.55. The number of carboxylic acids is 1. The number of carboxylic acid groups (broad SMARTS) is 1. The second kappa shape index (κ2) is 6.16. The van der Waals surface area contributed by atoms with Crippen LogP contribution in [0.15, 0.2) is 17.5 Å². The van der Waals surface area contributed by atoms with E-state index in [9.17, 15) is 9.59 Å². The zero-order valence-electron chi connectivity index (χ0n) is 10.7. The van der Waals surface area contributed by atoms with Gasteiger partial charge in [0.25, 0.3) is 0 Å². The van der Waals surface area contributed by atoms with Crippen molar-refractivity contribution in [3.05, 3.63) is 22.4 Å². The molecule has 1 aromatic rings. The number of amides is 1. The van der Waals surface area contributed by atoms with Crippen LogP contribution in [0.1, 0.15) is 11.3 Å². The first-order valence-electron chi connectivity index (χ1n) is 6.16.